The maximum atomic E-state index is 10.6. The van der Waals surface area contributed by atoms with Gasteiger partial charge in [0.25, 0.3) is 0 Å². The number of rotatable bonds is 9. The molecule has 2 N–H and O–H groups in total. The fraction of sp³-hybridized carbons (Fsp3) is 0.462. The molecule has 0 amide bonds. The molecule has 1 rings (SSSR count). The van der Waals surface area contributed by atoms with Gasteiger partial charge < -0.3 is 4.79 Å². The molecule has 1 atom stereocenters. The highest BCUT2D eigenvalue weighted by Crippen LogP contribution is 2.02. The molecular weight excluding hydrogens is 216 g/mol. The predicted molar refractivity (Wildman–Crippen MR) is 66.8 cm³/mol. The molecule has 4 nitrogen and oxygen atoms in total. The van der Waals surface area contributed by atoms with Crippen LogP contribution in [0.15, 0.2) is 30.3 Å². The number of hydrazine groups is 1. The van der Waals surface area contributed by atoms with Gasteiger partial charge in [-0.25, -0.2) is 5.43 Å². The first-order valence-corrected chi connectivity index (χ1v) is 5.95. The third-order valence-electron chi connectivity index (χ3n) is 2.58. The van der Waals surface area contributed by atoms with Crippen molar-refractivity contribution in [2.75, 3.05) is 6.54 Å². The fourth-order valence-corrected chi connectivity index (χ4v) is 1.42. The van der Waals surface area contributed by atoms with Crippen molar-refractivity contribution in [1.82, 2.24) is 11.0 Å². The van der Waals surface area contributed by atoms with E-state index in [1.54, 1.807) is 0 Å². The number of hydrogen-bond acceptors (Lipinski definition) is 4. The number of carbonyl (C=O) groups is 1. The zero-order valence-electron chi connectivity index (χ0n) is 10.2. The Morgan fingerprint density at radius 3 is 2.76 bits per heavy atom. The highest BCUT2D eigenvalue weighted by Gasteiger charge is 2.02. The molecule has 1 unspecified atom stereocenters. The molecule has 0 aliphatic heterocycles. The van der Waals surface area contributed by atoms with Gasteiger partial charge in [0.1, 0.15) is 6.29 Å². The quantitative estimate of drug-likeness (QED) is 0.390. The van der Waals surface area contributed by atoms with E-state index in [1.807, 2.05) is 37.3 Å². The zero-order valence-corrected chi connectivity index (χ0v) is 10.2. The molecule has 0 fully saturated rings. The van der Waals surface area contributed by atoms with Gasteiger partial charge >= 0.3 is 0 Å². The van der Waals surface area contributed by atoms with Gasteiger partial charge in [-0.3, -0.25) is 4.84 Å². The summed E-state index contributed by atoms with van der Waals surface area (Å²) >= 11 is 0. The number of carbonyl (C=O) groups excluding carboxylic acids is 1. The van der Waals surface area contributed by atoms with Crippen LogP contribution in [0.2, 0.25) is 0 Å². The van der Waals surface area contributed by atoms with E-state index in [2.05, 4.69) is 11.0 Å². The monoisotopic (exact) mass is 236 g/mol. The van der Waals surface area contributed by atoms with Gasteiger partial charge in [-0.2, -0.15) is 0 Å². The Kier molecular flexibility index (Phi) is 7.22. The Bertz CT molecular complexity index is 304. The number of aldehydes is 1. The molecule has 1 aromatic carbocycles. The highest BCUT2D eigenvalue weighted by molar-refractivity contribution is 5.53. The first-order chi connectivity index (χ1) is 8.36. The lowest BCUT2D eigenvalue weighted by Crippen LogP contribution is -2.33. The van der Waals surface area contributed by atoms with Crippen LogP contribution in [0.1, 0.15) is 25.3 Å². The summed E-state index contributed by atoms with van der Waals surface area (Å²) in [6, 6.07) is 9.92. The van der Waals surface area contributed by atoms with Gasteiger partial charge in [-0.1, -0.05) is 37.3 Å². The molecule has 0 saturated carbocycles. The van der Waals surface area contributed by atoms with Crippen molar-refractivity contribution in [3.05, 3.63) is 35.9 Å². The lowest BCUT2D eigenvalue weighted by molar-refractivity contribution is -0.111. The first kappa shape index (κ1) is 13.8. The van der Waals surface area contributed by atoms with Crippen LogP contribution in [-0.4, -0.2) is 12.8 Å². The minimum Gasteiger partial charge on any atom is -0.303 e. The molecule has 0 bridgehead atoms. The Balaban J connectivity index is 2.00. The maximum absolute atomic E-state index is 10.6. The maximum Gasteiger partial charge on any atom is 0.123 e. The normalized spacial score (nSPS) is 12.3. The molecule has 0 aliphatic carbocycles. The van der Waals surface area contributed by atoms with Crippen LogP contribution in [0, 0.1) is 5.92 Å². The van der Waals surface area contributed by atoms with E-state index in [9.17, 15) is 4.79 Å². The van der Waals surface area contributed by atoms with Crippen molar-refractivity contribution >= 4 is 6.29 Å². The lowest BCUT2D eigenvalue weighted by atomic mass is 10.1. The van der Waals surface area contributed by atoms with Crippen LogP contribution in [0.5, 0.6) is 0 Å². The summed E-state index contributed by atoms with van der Waals surface area (Å²) in [7, 11) is 0. The van der Waals surface area contributed by atoms with Crippen molar-refractivity contribution in [2.45, 2.75) is 26.4 Å². The predicted octanol–water partition coefficient (Wildman–Crippen LogP) is 1.83. The summed E-state index contributed by atoms with van der Waals surface area (Å²) in [5, 5.41) is 0. The van der Waals surface area contributed by atoms with E-state index < -0.39 is 0 Å². The standard InChI is InChI=1S/C13H20N2O2/c1-2-12(10-16)8-9-14-15-17-11-13-6-4-3-5-7-13/h3-7,10,12,14-15H,2,8-9,11H2,1H3. The molecule has 0 aromatic heterocycles. The van der Waals surface area contributed by atoms with Crippen LogP contribution in [-0.2, 0) is 16.2 Å². The number of hydrogen-bond donors (Lipinski definition) is 2. The van der Waals surface area contributed by atoms with Gasteiger partial charge in [0.2, 0.25) is 0 Å². The van der Waals surface area contributed by atoms with Gasteiger partial charge in [-0.05, 0) is 18.4 Å². The Morgan fingerprint density at radius 1 is 1.35 bits per heavy atom. The second-order valence-corrected chi connectivity index (χ2v) is 3.90. The minimum absolute atomic E-state index is 0.137. The van der Waals surface area contributed by atoms with E-state index in [1.165, 1.54) is 0 Å². The average Bonchev–Trinajstić information content (AvgIpc) is 2.39. The molecule has 94 valence electrons. The van der Waals surface area contributed by atoms with E-state index in [4.69, 9.17) is 4.84 Å². The van der Waals surface area contributed by atoms with E-state index in [0.717, 1.165) is 24.7 Å². The molecule has 0 spiro atoms. The highest BCUT2D eigenvalue weighted by atomic mass is 16.7. The van der Waals surface area contributed by atoms with Crippen LogP contribution in [0.25, 0.3) is 0 Å². The smallest absolute Gasteiger partial charge is 0.123 e. The third-order valence-corrected chi connectivity index (χ3v) is 2.58. The molecule has 0 aliphatic rings. The summed E-state index contributed by atoms with van der Waals surface area (Å²) in [6.45, 7) is 3.24. The SMILES string of the molecule is CCC(C=O)CCNNOCc1ccccc1. The van der Waals surface area contributed by atoms with Crippen molar-refractivity contribution < 1.29 is 9.63 Å². The molecule has 4 heteroatoms. The fourth-order valence-electron chi connectivity index (χ4n) is 1.42. The topological polar surface area (TPSA) is 50.4 Å². The largest absolute Gasteiger partial charge is 0.303 e. The van der Waals surface area contributed by atoms with Gasteiger partial charge in [0.15, 0.2) is 0 Å². The zero-order chi connectivity index (χ0) is 12.3. The molecule has 1 aromatic rings. The second kappa shape index (κ2) is 8.87. The Morgan fingerprint density at radius 2 is 2.12 bits per heavy atom. The van der Waals surface area contributed by atoms with Crippen LogP contribution in [0.4, 0.5) is 0 Å². The number of benzene rings is 1. The van der Waals surface area contributed by atoms with Gasteiger partial charge in [0.05, 0.1) is 6.61 Å². The van der Waals surface area contributed by atoms with Crippen LogP contribution >= 0.6 is 0 Å². The Labute approximate surface area is 102 Å². The third kappa shape index (κ3) is 6.16. The van der Waals surface area contributed by atoms with Crippen molar-refractivity contribution in [1.29, 1.82) is 0 Å². The van der Waals surface area contributed by atoms with Crippen molar-refractivity contribution in [2.24, 2.45) is 5.92 Å². The van der Waals surface area contributed by atoms with Crippen LogP contribution < -0.4 is 11.0 Å². The van der Waals surface area contributed by atoms with Crippen molar-refractivity contribution in [3.8, 4) is 0 Å². The number of nitrogens with one attached hydrogen (secondary N) is 2. The average molecular weight is 236 g/mol. The van der Waals surface area contributed by atoms with E-state index >= 15 is 0 Å². The minimum atomic E-state index is 0.137. The molecule has 0 saturated heterocycles. The van der Waals surface area contributed by atoms with E-state index in [-0.39, 0.29) is 5.92 Å². The van der Waals surface area contributed by atoms with E-state index in [0.29, 0.717) is 13.2 Å². The summed E-state index contributed by atoms with van der Waals surface area (Å²) in [5.41, 5.74) is 6.71. The summed E-state index contributed by atoms with van der Waals surface area (Å²) < 4.78 is 0. The van der Waals surface area contributed by atoms with Gasteiger partial charge in [-0.15, -0.1) is 5.59 Å². The van der Waals surface area contributed by atoms with Gasteiger partial charge in [0, 0.05) is 12.5 Å². The summed E-state index contributed by atoms with van der Waals surface area (Å²) in [6.07, 6.45) is 2.71. The molecule has 17 heavy (non-hydrogen) atoms. The van der Waals surface area contributed by atoms with Crippen molar-refractivity contribution in [3.63, 3.8) is 0 Å². The Hall–Kier alpha value is -1.23. The second-order valence-electron chi connectivity index (χ2n) is 3.90. The lowest BCUT2D eigenvalue weighted by Gasteiger charge is -2.09. The molecule has 0 heterocycles. The molecular formula is C13H20N2O2. The molecule has 0 radical (unpaired) electrons. The van der Waals surface area contributed by atoms with Crippen LogP contribution in [0.3, 0.4) is 0 Å². The first-order valence-electron chi connectivity index (χ1n) is 5.95. The summed E-state index contributed by atoms with van der Waals surface area (Å²) in [5.74, 6) is 0.137. The summed E-state index contributed by atoms with van der Waals surface area (Å²) in [4.78, 5) is 15.8.